The van der Waals surface area contributed by atoms with E-state index in [0.717, 1.165) is 4.90 Å². The molecule has 1 saturated heterocycles. The third-order valence-electron chi connectivity index (χ3n) is 4.31. The summed E-state index contributed by atoms with van der Waals surface area (Å²) < 4.78 is 11.8. The second kappa shape index (κ2) is 9.53. The Bertz CT molecular complexity index is 1070. The van der Waals surface area contributed by atoms with Gasteiger partial charge in [-0.3, -0.25) is 14.9 Å². The molecule has 1 aliphatic heterocycles. The molecule has 0 atom stereocenters. The van der Waals surface area contributed by atoms with Gasteiger partial charge in [-0.05, 0) is 69.9 Å². The number of imide groups is 2. The van der Waals surface area contributed by atoms with Gasteiger partial charge in [0.2, 0.25) is 0 Å². The van der Waals surface area contributed by atoms with E-state index in [4.69, 9.17) is 21.1 Å². The van der Waals surface area contributed by atoms with Crippen molar-refractivity contribution in [3.05, 3.63) is 57.0 Å². The predicted molar refractivity (Wildman–Crippen MR) is 121 cm³/mol. The number of hydrogen-bond donors (Lipinski definition) is 1. The molecule has 7 nitrogen and oxygen atoms in total. The molecule has 31 heavy (non-hydrogen) atoms. The van der Waals surface area contributed by atoms with Gasteiger partial charge in [0.05, 0.1) is 23.9 Å². The minimum Gasteiger partial charge on any atom is -0.493 e. The lowest BCUT2D eigenvalue weighted by molar-refractivity contribution is -0.122. The second-order valence-corrected chi connectivity index (χ2v) is 8.46. The van der Waals surface area contributed by atoms with Gasteiger partial charge >= 0.3 is 6.03 Å². The molecule has 0 unspecified atom stereocenters. The van der Waals surface area contributed by atoms with E-state index < -0.39 is 17.8 Å². The van der Waals surface area contributed by atoms with Gasteiger partial charge in [-0.15, -0.1) is 0 Å². The lowest BCUT2D eigenvalue weighted by Gasteiger charge is -2.26. The molecule has 1 heterocycles. The molecule has 0 radical (unpaired) electrons. The number of amides is 4. The van der Waals surface area contributed by atoms with Crippen LogP contribution in [-0.2, 0) is 9.59 Å². The Morgan fingerprint density at radius 1 is 1.16 bits per heavy atom. The Hall–Kier alpha value is -2.84. The number of nitrogens with zero attached hydrogens (tertiary/aromatic N) is 1. The van der Waals surface area contributed by atoms with Crippen molar-refractivity contribution < 1.29 is 23.9 Å². The maximum absolute atomic E-state index is 13.0. The van der Waals surface area contributed by atoms with Crippen molar-refractivity contribution in [2.45, 2.75) is 13.8 Å². The van der Waals surface area contributed by atoms with Crippen LogP contribution in [0.5, 0.6) is 11.5 Å². The van der Waals surface area contributed by atoms with Gasteiger partial charge in [0, 0.05) is 5.02 Å². The maximum atomic E-state index is 13.0. The molecular weight excluding hydrogens is 488 g/mol. The Balaban J connectivity index is 1.98. The number of benzene rings is 2. The second-order valence-electron chi connectivity index (χ2n) is 7.17. The number of nitrogens with one attached hydrogen (secondary N) is 1. The van der Waals surface area contributed by atoms with Gasteiger partial charge in [0.25, 0.3) is 11.8 Å². The fourth-order valence-electron chi connectivity index (χ4n) is 2.86. The van der Waals surface area contributed by atoms with E-state index in [1.807, 2.05) is 13.8 Å². The van der Waals surface area contributed by atoms with E-state index in [-0.39, 0.29) is 5.57 Å². The van der Waals surface area contributed by atoms with E-state index in [9.17, 15) is 14.4 Å². The van der Waals surface area contributed by atoms with Crippen molar-refractivity contribution in [1.29, 1.82) is 0 Å². The van der Waals surface area contributed by atoms with Crippen LogP contribution in [0.4, 0.5) is 10.5 Å². The highest BCUT2D eigenvalue weighted by Gasteiger charge is 2.36. The summed E-state index contributed by atoms with van der Waals surface area (Å²) >= 11 is 9.33. The number of carbonyl (C=O) groups is 3. The van der Waals surface area contributed by atoms with Crippen molar-refractivity contribution >= 4 is 57.1 Å². The molecule has 0 spiro atoms. The molecule has 1 fully saturated rings. The van der Waals surface area contributed by atoms with Crippen molar-refractivity contribution in [3.8, 4) is 11.5 Å². The fraction of sp³-hybridized carbons (Fsp3) is 0.227. The predicted octanol–water partition coefficient (Wildman–Crippen LogP) is 4.81. The summed E-state index contributed by atoms with van der Waals surface area (Å²) in [5.74, 6) is -0.244. The smallest absolute Gasteiger partial charge is 0.335 e. The summed E-state index contributed by atoms with van der Waals surface area (Å²) in [5, 5.41) is 2.64. The first-order chi connectivity index (χ1) is 14.7. The van der Waals surface area contributed by atoms with Gasteiger partial charge in [0.1, 0.15) is 5.57 Å². The lowest BCUT2D eigenvalue weighted by atomic mass is 10.1. The fourth-order valence-corrected chi connectivity index (χ4v) is 3.56. The van der Waals surface area contributed by atoms with Gasteiger partial charge in [-0.25, -0.2) is 9.69 Å². The van der Waals surface area contributed by atoms with Gasteiger partial charge in [0.15, 0.2) is 11.5 Å². The molecule has 2 aromatic carbocycles. The molecule has 162 valence electrons. The quantitative estimate of drug-likeness (QED) is 0.448. The summed E-state index contributed by atoms with van der Waals surface area (Å²) in [6.45, 7) is 4.55. The highest BCUT2D eigenvalue weighted by atomic mass is 79.9. The molecule has 0 aliphatic carbocycles. The standard InChI is InChI=1S/C22H20BrClN2O5/c1-12(2)11-31-19-17(23)9-13(10-18(19)30-3)8-16-20(27)25-22(29)26(21(16)28)15-6-4-14(24)5-7-15/h4-10,12H,11H2,1-3H3,(H,25,27,29). The first-order valence-corrected chi connectivity index (χ1v) is 10.6. The molecule has 0 aromatic heterocycles. The minimum atomic E-state index is -0.828. The first-order valence-electron chi connectivity index (χ1n) is 9.38. The van der Waals surface area contributed by atoms with Crippen LogP contribution in [-0.4, -0.2) is 31.6 Å². The van der Waals surface area contributed by atoms with E-state index in [0.29, 0.717) is 44.8 Å². The summed E-state index contributed by atoms with van der Waals surface area (Å²) in [4.78, 5) is 38.6. The Labute approximate surface area is 193 Å². The topological polar surface area (TPSA) is 84.9 Å². The monoisotopic (exact) mass is 506 g/mol. The van der Waals surface area contributed by atoms with Crippen LogP contribution in [0, 0.1) is 5.92 Å². The average Bonchev–Trinajstić information content (AvgIpc) is 2.71. The summed E-state index contributed by atoms with van der Waals surface area (Å²) in [6, 6.07) is 8.67. The van der Waals surface area contributed by atoms with Crippen LogP contribution >= 0.6 is 27.5 Å². The van der Waals surface area contributed by atoms with Crippen LogP contribution in [0.25, 0.3) is 6.08 Å². The van der Waals surface area contributed by atoms with Crippen molar-refractivity contribution in [1.82, 2.24) is 5.32 Å². The molecule has 1 aliphatic rings. The Morgan fingerprint density at radius 3 is 2.45 bits per heavy atom. The number of barbiturate groups is 1. The Morgan fingerprint density at radius 2 is 1.84 bits per heavy atom. The summed E-state index contributed by atoms with van der Waals surface area (Å²) in [6.07, 6.45) is 1.40. The number of ether oxygens (including phenoxy) is 2. The third-order valence-corrected chi connectivity index (χ3v) is 5.15. The molecule has 2 aromatic rings. The number of halogens is 2. The zero-order chi connectivity index (χ0) is 22.7. The third kappa shape index (κ3) is 5.08. The lowest BCUT2D eigenvalue weighted by Crippen LogP contribution is -2.54. The molecule has 3 rings (SSSR count). The number of hydrogen-bond acceptors (Lipinski definition) is 5. The van der Waals surface area contributed by atoms with Crippen molar-refractivity contribution in [3.63, 3.8) is 0 Å². The highest BCUT2D eigenvalue weighted by Crippen LogP contribution is 2.38. The van der Waals surface area contributed by atoms with Crippen LogP contribution in [0.15, 0.2) is 46.4 Å². The van der Waals surface area contributed by atoms with Gasteiger partial charge < -0.3 is 9.47 Å². The van der Waals surface area contributed by atoms with Crippen LogP contribution in [0.3, 0.4) is 0 Å². The van der Waals surface area contributed by atoms with Crippen LogP contribution in [0.1, 0.15) is 19.4 Å². The molecule has 4 amide bonds. The zero-order valence-corrected chi connectivity index (χ0v) is 19.4. The van der Waals surface area contributed by atoms with Crippen LogP contribution < -0.4 is 19.7 Å². The number of urea groups is 1. The number of rotatable bonds is 6. The number of carbonyl (C=O) groups excluding carboxylic acids is 3. The zero-order valence-electron chi connectivity index (χ0n) is 17.1. The molecule has 0 saturated carbocycles. The molecular formula is C22H20BrClN2O5. The number of methoxy groups -OCH3 is 1. The van der Waals surface area contributed by atoms with Crippen LogP contribution in [0.2, 0.25) is 5.02 Å². The normalized spacial score (nSPS) is 15.5. The van der Waals surface area contributed by atoms with E-state index in [2.05, 4.69) is 21.2 Å². The van der Waals surface area contributed by atoms with E-state index >= 15 is 0 Å². The Kier molecular flexibility index (Phi) is 7.02. The minimum absolute atomic E-state index is 0.195. The van der Waals surface area contributed by atoms with Gasteiger partial charge in [-0.2, -0.15) is 0 Å². The maximum Gasteiger partial charge on any atom is 0.335 e. The molecule has 9 heteroatoms. The first kappa shape index (κ1) is 22.8. The molecule has 1 N–H and O–H groups in total. The van der Waals surface area contributed by atoms with Crippen molar-refractivity contribution in [2.75, 3.05) is 18.6 Å². The average molecular weight is 508 g/mol. The SMILES string of the molecule is COc1cc(C=C2C(=O)NC(=O)N(c3ccc(Cl)cc3)C2=O)cc(Br)c1OCC(C)C. The number of anilines is 1. The summed E-state index contributed by atoms with van der Waals surface area (Å²) in [5.41, 5.74) is 0.616. The van der Waals surface area contributed by atoms with Crippen molar-refractivity contribution in [2.24, 2.45) is 5.92 Å². The van der Waals surface area contributed by atoms with Gasteiger partial charge in [-0.1, -0.05) is 25.4 Å². The highest BCUT2D eigenvalue weighted by molar-refractivity contribution is 9.10. The van der Waals surface area contributed by atoms with E-state index in [1.165, 1.54) is 25.3 Å². The summed E-state index contributed by atoms with van der Waals surface area (Å²) in [7, 11) is 1.50. The van der Waals surface area contributed by atoms with E-state index in [1.54, 1.807) is 24.3 Å². The largest absolute Gasteiger partial charge is 0.493 e. The molecule has 0 bridgehead atoms.